The molecular weight excluding hydrogens is 284 g/mol. The molecule has 21 heavy (non-hydrogen) atoms. The van der Waals surface area contributed by atoms with Gasteiger partial charge in [0.15, 0.2) is 0 Å². The van der Waals surface area contributed by atoms with E-state index in [1.54, 1.807) is 0 Å². The topological polar surface area (TPSA) is 58.2 Å². The summed E-state index contributed by atoms with van der Waals surface area (Å²) in [6.07, 6.45) is 4.88. The summed E-state index contributed by atoms with van der Waals surface area (Å²) in [6.45, 7) is 5.61. The second-order valence-corrected chi connectivity index (χ2v) is 7.36. The molecule has 0 aromatic heterocycles. The van der Waals surface area contributed by atoms with Crippen LogP contribution in [0.3, 0.4) is 0 Å². The van der Waals surface area contributed by atoms with Gasteiger partial charge in [0, 0.05) is 12.6 Å². The lowest BCUT2D eigenvalue weighted by Gasteiger charge is -2.16. The Morgan fingerprint density at radius 3 is 2.52 bits per heavy atom. The Balaban J connectivity index is 2.25. The third kappa shape index (κ3) is 4.28. The molecule has 0 radical (unpaired) electrons. The molecule has 1 saturated carbocycles. The first kappa shape index (κ1) is 16.5. The van der Waals surface area contributed by atoms with Crippen molar-refractivity contribution in [3.63, 3.8) is 0 Å². The van der Waals surface area contributed by atoms with Crippen molar-refractivity contribution in [3.8, 4) is 0 Å². The Kier molecular flexibility index (Phi) is 5.79. The highest BCUT2D eigenvalue weighted by molar-refractivity contribution is 7.89. The van der Waals surface area contributed by atoms with Crippen LogP contribution in [0.5, 0.6) is 0 Å². The fourth-order valence-electron chi connectivity index (χ4n) is 2.85. The Morgan fingerprint density at radius 1 is 1.19 bits per heavy atom. The molecule has 0 heterocycles. The van der Waals surface area contributed by atoms with E-state index in [1.165, 1.54) is 0 Å². The van der Waals surface area contributed by atoms with E-state index in [9.17, 15) is 8.42 Å². The van der Waals surface area contributed by atoms with E-state index in [1.807, 2.05) is 32.0 Å². The van der Waals surface area contributed by atoms with Crippen LogP contribution in [0.25, 0.3) is 0 Å². The zero-order valence-electron chi connectivity index (χ0n) is 13.0. The van der Waals surface area contributed by atoms with E-state index < -0.39 is 10.0 Å². The van der Waals surface area contributed by atoms with E-state index >= 15 is 0 Å². The molecule has 0 atom stereocenters. The zero-order chi connectivity index (χ0) is 15.3. The number of aryl methyl sites for hydroxylation is 1. The molecule has 0 unspecified atom stereocenters. The van der Waals surface area contributed by atoms with Crippen LogP contribution < -0.4 is 10.0 Å². The highest BCUT2D eigenvalue weighted by Gasteiger charge is 2.24. The van der Waals surface area contributed by atoms with Crippen LogP contribution >= 0.6 is 0 Å². The van der Waals surface area contributed by atoms with Crippen LogP contribution in [0.4, 0.5) is 0 Å². The SMILES string of the molecule is CCNCc1ccc(CC)c(S(=O)(=O)NC2CCCC2)c1. The van der Waals surface area contributed by atoms with Crippen molar-refractivity contribution in [2.75, 3.05) is 6.54 Å². The Hall–Kier alpha value is -0.910. The summed E-state index contributed by atoms with van der Waals surface area (Å²) in [5.74, 6) is 0. The molecule has 0 spiro atoms. The van der Waals surface area contributed by atoms with Gasteiger partial charge in [-0.15, -0.1) is 0 Å². The molecule has 1 aromatic rings. The molecule has 5 heteroatoms. The molecular formula is C16H26N2O2S. The van der Waals surface area contributed by atoms with Crippen molar-refractivity contribution in [2.24, 2.45) is 0 Å². The number of hydrogen-bond donors (Lipinski definition) is 2. The van der Waals surface area contributed by atoms with Crippen LogP contribution in [0.1, 0.15) is 50.7 Å². The first-order valence-electron chi connectivity index (χ1n) is 7.91. The largest absolute Gasteiger partial charge is 0.313 e. The van der Waals surface area contributed by atoms with Crippen molar-refractivity contribution in [3.05, 3.63) is 29.3 Å². The van der Waals surface area contributed by atoms with E-state index in [4.69, 9.17) is 0 Å². The summed E-state index contributed by atoms with van der Waals surface area (Å²) in [6, 6.07) is 5.88. The van der Waals surface area contributed by atoms with E-state index in [0.717, 1.165) is 49.8 Å². The van der Waals surface area contributed by atoms with Gasteiger partial charge < -0.3 is 5.32 Å². The normalized spacial score (nSPS) is 16.5. The molecule has 0 aliphatic heterocycles. The molecule has 1 aromatic carbocycles. The fraction of sp³-hybridized carbons (Fsp3) is 0.625. The second kappa shape index (κ2) is 7.38. The molecule has 1 fully saturated rings. The summed E-state index contributed by atoms with van der Waals surface area (Å²) >= 11 is 0. The summed E-state index contributed by atoms with van der Waals surface area (Å²) in [5.41, 5.74) is 1.90. The van der Waals surface area contributed by atoms with Crippen LogP contribution in [0, 0.1) is 0 Å². The van der Waals surface area contributed by atoms with E-state index in [2.05, 4.69) is 10.0 Å². The molecule has 1 aliphatic rings. The van der Waals surface area contributed by atoms with Gasteiger partial charge in [-0.1, -0.05) is 38.8 Å². The summed E-state index contributed by atoms with van der Waals surface area (Å²) in [4.78, 5) is 0.451. The minimum absolute atomic E-state index is 0.108. The second-order valence-electron chi connectivity index (χ2n) is 5.68. The highest BCUT2D eigenvalue weighted by Crippen LogP contribution is 2.23. The molecule has 4 nitrogen and oxygen atoms in total. The van der Waals surface area contributed by atoms with Gasteiger partial charge in [-0.05, 0) is 43.0 Å². The van der Waals surface area contributed by atoms with Gasteiger partial charge in [-0.2, -0.15) is 0 Å². The monoisotopic (exact) mass is 310 g/mol. The maximum atomic E-state index is 12.7. The maximum Gasteiger partial charge on any atom is 0.241 e. The van der Waals surface area contributed by atoms with Crippen LogP contribution in [-0.2, 0) is 23.0 Å². The number of benzene rings is 1. The standard InChI is InChI=1S/C16H26N2O2S/c1-3-14-10-9-13(12-17-4-2)11-16(14)21(19,20)18-15-7-5-6-8-15/h9-11,15,17-18H,3-8,12H2,1-2H3. The predicted octanol–water partition coefficient (Wildman–Crippen LogP) is 2.58. The Bertz CT molecular complexity index is 564. The van der Waals surface area contributed by atoms with E-state index in [0.29, 0.717) is 11.4 Å². The molecule has 0 amide bonds. The lowest BCUT2D eigenvalue weighted by atomic mass is 10.1. The third-order valence-electron chi connectivity index (χ3n) is 4.06. The number of sulfonamides is 1. The summed E-state index contributed by atoms with van der Waals surface area (Å²) < 4.78 is 28.2. The van der Waals surface area contributed by atoms with Gasteiger partial charge >= 0.3 is 0 Å². The third-order valence-corrected chi connectivity index (χ3v) is 5.66. The average molecular weight is 310 g/mol. The average Bonchev–Trinajstić information content (AvgIpc) is 2.97. The number of hydrogen-bond acceptors (Lipinski definition) is 3. The van der Waals surface area contributed by atoms with Crippen LogP contribution in [0.2, 0.25) is 0 Å². The van der Waals surface area contributed by atoms with Crippen molar-refractivity contribution in [1.29, 1.82) is 0 Å². The van der Waals surface area contributed by atoms with Crippen molar-refractivity contribution < 1.29 is 8.42 Å². The highest BCUT2D eigenvalue weighted by atomic mass is 32.2. The molecule has 2 rings (SSSR count). The van der Waals surface area contributed by atoms with Crippen molar-refractivity contribution >= 4 is 10.0 Å². The van der Waals surface area contributed by atoms with Gasteiger partial charge in [0.05, 0.1) is 4.90 Å². The van der Waals surface area contributed by atoms with Crippen LogP contribution in [0.15, 0.2) is 23.1 Å². The minimum Gasteiger partial charge on any atom is -0.313 e. The van der Waals surface area contributed by atoms with Crippen molar-refractivity contribution in [1.82, 2.24) is 10.0 Å². The molecule has 0 saturated heterocycles. The van der Waals surface area contributed by atoms with Gasteiger partial charge in [0.25, 0.3) is 0 Å². The molecule has 1 aliphatic carbocycles. The molecule has 118 valence electrons. The lowest BCUT2D eigenvalue weighted by Crippen LogP contribution is -2.33. The Morgan fingerprint density at radius 2 is 1.90 bits per heavy atom. The first-order chi connectivity index (χ1) is 10.1. The lowest BCUT2D eigenvalue weighted by molar-refractivity contribution is 0.551. The predicted molar refractivity (Wildman–Crippen MR) is 85.8 cm³/mol. The minimum atomic E-state index is -3.41. The smallest absolute Gasteiger partial charge is 0.241 e. The molecule has 0 bridgehead atoms. The fourth-order valence-corrected chi connectivity index (χ4v) is 4.51. The maximum absolute atomic E-state index is 12.7. The number of rotatable bonds is 7. The van der Waals surface area contributed by atoms with Gasteiger partial charge in [-0.25, -0.2) is 13.1 Å². The van der Waals surface area contributed by atoms with E-state index in [-0.39, 0.29) is 6.04 Å². The summed E-state index contributed by atoms with van der Waals surface area (Å²) in [5, 5.41) is 3.24. The zero-order valence-corrected chi connectivity index (χ0v) is 13.8. The number of nitrogens with one attached hydrogen (secondary N) is 2. The van der Waals surface area contributed by atoms with Gasteiger partial charge in [0.1, 0.15) is 0 Å². The van der Waals surface area contributed by atoms with Crippen molar-refractivity contribution in [2.45, 2.75) is 63.4 Å². The first-order valence-corrected chi connectivity index (χ1v) is 9.40. The summed E-state index contributed by atoms with van der Waals surface area (Å²) in [7, 11) is -3.41. The quantitative estimate of drug-likeness (QED) is 0.814. The molecule has 2 N–H and O–H groups in total. The van der Waals surface area contributed by atoms with Gasteiger partial charge in [0.2, 0.25) is 10.0 Å². The van der Waals surface area contributed by atoms with Crippen LogP contribution in [-0.4, -0.2) is 21.0 Å². The Labute approximate surface area is 128 Å². The van der Waals surface area contributed by atoms with Gasteiger partial charge in [-0.3, -0.25) is 0 Å².